The number of hydrogen-bond donors (Lipinski definition) is 3. The number of carbonyl (C=O) groups is 1. The molecule has 0 heterocycles. The number of nitrogens with one attached hydrogen (secondary N) is 1. The number of carbonyl (C=O) groups excluding carboxylic acids is 1. The van der Waals surface area contributed by atoms with Gasteiger partial charge in [-0.05, 0) is 30.1 Å². The van der Waals surface area contributed by atoms with Crippen molar-refractivity contribution in [2.24, 2.45) is 0 Å². The van der Waals surface area contributed by atoms with Crippen molar-refractivity contribution in [2.45, 2.75) is 13.3 Å². The molecular formula is C10H13BFNO3. The third kappa shape index (κ3) is 3.32. The van der Waals surface area contributed by atoms with Gasteiger partial charge in [-0.2, -0.15) is 0 Å². The van der Waals surface area contributed by atoms with E-state index in [1.54, 1.807) is 0 Å². The van der Waals surface area contributed by atoms with Crippen molar-refractivity contribution in [3.05, 3.63) is 29.6 Å². The molecule has 0 aromatic heterocycles. The van der Waals surface area contributed by atoms with Gasteiger partial charge in [0, 0.05) is 12.1 Å². The zero-order valence-corrected chi connectivity index (χ0v) is 8.90. The second-order valence-electron chi connectivity index (χ2n) is 3.40. The molecule has 0 unspecified atom stereocenters. The lowest BCUT2D eigenvalue weighted by Gasteiger charge is -2.06. The van der Waals surface area contributed by atoms with Gasteiger partial charge in [0.2, 0.25) is 0 Å². The second kappa shape index (κ2) is 5.62. The monoisotopic (exact) mass is 225 g/mol. The van der Waals surface area contributed by atoms with Crippen molar-refractivity contribution >= 4 is 18.5 Å². The molecule has 1 amide bonds. The van der Waals surface area contributed by atoms with Crippen LogP contribution in [0.5, 0.6) is 0 Å². The van der Waals surface area contributed by atoms with Crippen molar-refractivity contribution in [1.29, 1.82) is 0 Å². The highest BCUT2D eigenvalue weighted by Crippen LogP contribution is 2.02. The molecule has 16 heavy (non-hydrogen) atoms. The molecule has 0 spiro atoms. The molecule has 4 nitrogen and oxygen atoms in total. The molecule has 0 fully saturated rings. The first-order valence-electron chi connectivity index (χ1n) is 4.99. The summed E-state index contributed by atoms with van der Waals surface area (Å²) in [6.45, 7) is 2.39. The number of halogens is 1. The summed E-state index contributed by atoms with van der Waals surface area (Å²) < 4.78 is 13.1. The van der Waals surface area contributed by atoms with Crippen molar-refractivity contribution in [2.75, 3.05) is 6.54 Å². The van der Waals surface area contributed by atoms with Gasteiger partial charge in [0.25, 0.3) is 5.91 Å². The molecular weight excluding hydrogens is 212 g/mol. The fraction of sp³-hybridized carbons (Fsp3) is 0.300. The summed E-state index contributed by atoms with van der Waals surface area (Å²) in [5.41, 5.74) is 0.0400. The van der Waals surface area contributed by atoms with E-state index in [0.717, 1.165) is 18.6 Å². The Morgan fingerprint density at radius 3 is 2.69 bits per heavy atom. The molecule has 0 saturated heterocycles. The Morgan fingerprint density at radius 2 is 2.12 bits per heavy atom. The molecule has 6 heteroatoms. The van der Waals surface area contributed by atoms with Crippen LogP contribution in [0.1, 0.15) is 23.7 Å². The van der Waals surface area contributed by atoms with Crippen LogP contribution in [0.4, 0.5) is 4.39 Å². The molecule has 3 N–H and O–H groups in total. The summed E-state index contributed by atoms with van der Waals surface area (Å²) in [7, 11) is -1.78. The van der Waals surface area contributed by atoms with Crippen LogP contribution in [0.2, 0.25) is 0 Å². The molecule has 1 rings (SSSR count). The van der Waals surface area contributed by atoms with E-state index in [1.165, 1.54) is 6.07 Å². The highest BCUT2D eigenvalue weighted by Gasteiger charge is 2.15. The number of rotatable bonds is 4. The maximum Gasteiger partial charge on any atom is 0.488 e. The van der Waals surface area contributed by atoms with Crippen LogP contribution < -0.4 is 10.8 Å². The van der Waals surface area contributed by atoms with Gasteiger partial charge < -0.3 is 15.4 Å². The standard InChI is InChI=1S/C10H13BFNO3/c1-2-3-13-10(14)7-4-8(11(15)16)6-9(12)5-7/h4-6,15-16H,2-3H2,1H3,(H,13,14). The minimum Gasteiger partial charge on any atom is -0.423 e. The van der Waals surface area contributed by atoms with Crippen LogP contribution in [0.25, 0.3) is 0 Å². The van der Waals surface area contributed by atoms with Crippen LogP contribution in [0.15, 0.2) is 18.2 Å². The molecule has 1 aromatic rings. The Hall–Kier alpha value is -1.40. The van der Waals surface area contributed by atoms with E-state index in [-0.39, 0.29) is 11.0 Å². The summed E-state index contributed by atoms with van der Waals surface area (Å²) in [6.07, 6.45) is 0.774. The average Bonchev–Trinajstić information content (AvgIpc) is 2.24. The molecule has 0 aliphatic heterocycles. The van der Waals surface area contributed by atoms with Crippen LogP contribution in [0.3, 0.4) is 0 Å². The lowest BCUT2D eigenvalue weighted by molar-refractivity contribution is 0.0953. The quantitative estimate of drug-likeness (QED) is 0.613. The third-order valence-electron chi connectivity index (χ3n) is 2.02. The first-order chi connectivity index (χ1) is 7.54. The summed E-state index contributed by atoms with van der Waals surface area (Å²) in [4.78, 5) is 11.5. The van der Waals surface area contributed by atoms with E-state index in [4.69, 9.17) is 10.0 Å². The van der Waals surface area contributed by atoms with Crippen molar-refractivity contribution in [3.8, 4) is 0 Å². The van der Waals surface area contributed by atoms with E-state index in [9.17, 15) is 9.18 Å². The smallest absolute Gasteiger partial charge is 0.423 e. The zero-order valence-electron chi connectivity index (χ0n) is 8.90. The topological polar surface area (TPSA) is 69.6 Å². The molecule has 0 atom stereocenters. The summed E-state index contributed by atoms with van der Waals surface area (Å²) in [6, 6.07) is 3.27. The highest BCUT2D eigenvalue weighted by atomic mass is 19.1. The number of amides is 1. The van der Waals surface area contributed by atoms with E-state index in [1.807, 2.05) is 6.92 Å². The minimum atomic E-state index is -1.78. The first kappa shape index (κ1) is 12.7. The lowest BCUT2D eigenvalue weighted by atomic mass is 9.79. The Balaban J connectivity index is 2.91. The van der Waals surface area contributed by atoms with Crippen LogP contribution in [-0.2, 0) is 0 Å². The van der Waals surface area contributed by atoms with Crippen LogP contribution in [-0.4, -0.2) is 29.6 Å². The first-order valence-corrected chi connectivity index (χ1v) is 4.99. The predicted molar refractivity (Wildman–Crippen MR) is 58.8 cm³/mol. The van der Waals surface area contributed by atoms with Gasteiger partial charge in [-0.15, -0.1) is 0 Å². The molecule has 86 valence electrons. The SMILES string of the molecule is CCCNC(=O)c1cc(F)cc(B(O)O)c1. The Labute approximate surface area is 93.2 Å². The van der Waals surface area contributed by atoms with Gasteiger partial charge in [0.1, 0.15) is 5.82 Å². The second-order valence-corrected chi connectivity index (χ2v) is 3.40. The van der Waals surface area contributed by atoms with Gasteiger partial charge >= 0.3 is 7.12 Å². The summed E-state index contributed by atoms with van der Waals surface area (Å²) >= 11 is 0. The average molecular weight is 225 g/mol. The summed E-state index contributed by atoms with van der Waals surface area (Å²) in [5.74, 6) is -1.10. The van der Waals surface area contributed by atoms with E-state index < -0.39 is 18.8 Å². The molecule has 0 aliphatic carbocycles. The minimum absolute atomic E-state index is 0.0401. The van der Waals surface area contributed by atoms with E-state index >= 15 is 0 Å². The maximum absolute atomic E-state index is 13.1. The van der Waals surface area contributed by atoms with E-state index in [2.05, 4.69) is 5.32 Å². The largest absolute Gasteiger partial charge is 0.488 e. The highest BCUT2D eigenvalue weighted by molar-refractivity contribution is 6.58. The van der Waals surface area contributed by atoms with Crippen LogP contribution in [0, 0.1) is 5.82 Å². The molecule has 1 aromatic carbocycles. The predicted octanol–water partition coefficient (Wildman–Crippen LogP) is -0.355. The molecule has 0 saturated carbocycles. The third-order valence-corrected chi connectivity index (χ3v) is 2.02. The molecule has 0 radical (unpaired) electrons. The fourth-order valence-corrected chi connectivity index (χ4v) is 1.23. The van der Waals surface area contributed by atoms with E-state index in [0.29, 0.717) is 6.54 Å². The number of benzene rings is 1. The van der Waals surface area contributed by atoms with Gasteiger partial charge in [0.15, 0.2) is 0 Å². The fourth-order valence-electron chi connectivity index (χ4n) is 1.23. The van der Waals surface area contributed by atoms with Gasteiger partial charge in [-0.1, -0.05) is 6.92 Å². The van der Waals surface area contributed by atoms with Crippen LogP contribution >= 0.6 is 0 Å². The maximum atomic E-state index is 13.1. The van der Waals surface area contributed by atoms with Gasteiger partial charge in [-0.3, -0.25) is 4.79 Å². The van der Waals surface area contributed by atoms with Crippen molar-refractivity contribution in [3.63, 3.8) is 0 Å². The zero-order chi connectivity index (χ0) is 12.1. The van der Waals surface area contributed by atoms with Crippen molar-refractivity contribution < 1.29 is 19.2 Å². The Morgan fingerprint density at radius 1 is 1.44 bits per heavy atom. The lowest BCUT2D eigenvalue weighted by Crippen LogP contribution is -2.32. The van der Waals surface area contributed by atoms with Crippen molar-refractivity contribution in [1.82, 2.24) is 5.32 Å². The molecule has 0 bridgehead atoms. The molecule has 0 aliphatic rings. The normalized spacial score (nSPS) is 10.0. The Bertz CT molecular complexity index is 384. The van der Waals surface area contributed by atoms with Gasteiger partial charge in [0.05, 0.1) is 0 Å². The summed E-state index contributed by atoms with van der Waals surface area (Å²) in [5, 5.41) is 20.3. The Kier molecular flexibility index (Phi) is 4.45. The number of hydrogen-bond acceptors (Lipinski definition) is 3. The van der Waals surface area contributed by atoms with Gasteiger partial charge in [-0.25, -0.2) is 4.39 Å².